The lowest BCUT2D eigenvalue weighted by Gasteiger charge is -2.19. The van der Waals surface area contributed by atoms with Crippen molar-refractivity contribution >= 4 is 5.65 Å². The monoisotopic (exact) mass is 326 g/mol. The summed E-state index contributed by atoms with van der Waals surface area (Å²) in [6, 6.07) is 25.6. The zero-order chi connectivity index (χ0) is 17.4. The van der Waals surface area contributed by atoms with Gasteiger partial charge in [0.1, 0.15) is 5.65 Å². The Morgan fingerprint density at radius 1 is 0.680 bits per heavy atom. The van der Waals surface area contributed by atoms with E-state index in [1.54, 1.807) is 0 Å². The van der Waals surface area contributed by atoms with Gasteiger partial charge >= 0.3 is 0 Å². The minimum Gasteiger partial charge on any atom is -0.292 e. The standard InChI is InChI=1S/C23H22N2/c1-23(2,3)19-14-12-18(13-15-19)20-10-7-11-22-24-16-21(25(20)22)17-8-5-4-6-9-17/h4-16H,1-3H3. The SMILES string of the molecule is CC(C)(C)c1ccc(-c2cccc3ncc(-c4ccccc4)n23)cc1. The number of nitrogens with zero attached hydrogens (tertiary/aromatic N) is 2. The molecule has 0 atom stereocenters. The summed E-state index contributed by atoms with van der Waals surface area (Å²) >= 11 is 0. The van der Waals surface area contributed by atoms with Crippen molar-refractivity contribution in [3.63, 3.8) is 0 Å². The van der Waals surface area contributed by atoms with Crippen LogP contribution >= 0.6 is 0 Å². The molecule has 4 aromatic rings. The van der Waals surface area contributed by atoms with Gasteiger partial charge in [-0.15, -0.1) is 0 Å². The van der Waals surface area contributed by atoms with E-state index in [-0.39, 0.29) is 5.41 Å². The smallest absolute Gasteiger partial charge is 0.137 e. The van der Waals surface area contributed by atoms with Crippen molar-refractivity contribution in [3.8, 4) is 22.5 Å². The van der Waals surface area contributed by atoms with E-state index in [0.717, 1.165) is 17.0 Å². The average molecular weight is 326 g/mol. The maximum absolute atomic E-state index is 4.60. The Morgan fingerprint density at radius 2 is 1.36 bits per heavy atom. The molecule has 0 fully saturated rings. The Balaban J connectivity index is 1.89. The molecule has 0 amide bonds. The summed E-state index contributed by atoms with van der Waals surface area (Å²) in [6.45, 7) is 6.73. The molecule has 25 heavy (non-hydrogen) atoms. The first-order valence-corrected chi connectivity index (χ1v) is 8.67. The predicted octanol–water partition coefficient (Wildman–Crippen LogP) is 5.97. The molecule has 4 rings (SSSR count). The van der Waals surface area contributed by atoms with Crippen molar-refractivity contribution in [1.29, 1.82) is 0 Å². The fourth-order valence-corrected chi connectivity index (χ4v) is 3.22. The zero-order valence-electron chi connectivity index (χ0n) is 14.9. The molecule has 0 spiro atoms. The fourth-order valence-electron chi connectivity index (χ4n) is 3.22. The lowest BCUT2D eigenvalue weighted by atomic mass is 9.86. The van der Waals surface area contributed by atoms with E-state index in [4.69, 9.17) is 0 Å². The van der Waals surface area contributed by atoms with Gasteiger partial charge in [-0.3, -0.25) is 4.40 Å². The number of pyridine rings is 1. The van der Waals surface area contributed by atoms with Crippen LogP contribution in [0.25, 0.3) is 28.2 Å². The van der Waals surface area contributed by atoms with Gasteiger partial charge in [-0.2, -0.15) is 0 Å². The van der Waals surface area contributed by atoms with E-state index in [2.05, 4.69) is 96.9 Å². The van der Waals surface area contributed by atoms with Crippen molar-refractivity contribution < 1.29 is 0 Å². The van der Waals surface area contributed by atoms with Crippen molar-refractivity contribution in [2.24, 2.45) is 0 Å². The van der Waals surface area contributed by atoms with E-state index in [9.17, 15) is 0 Å². The minimum atomic E-state index is 0.161. The van der Waals surface area contributed by atoms with Gasteiger partial charge in [-0.25, -0.2) is 4.98 Å². The summed E-state index contributed by atoms with van der Waals surface area (Å²) < 4.78 is 2.24. The third-order valence-corrected chi connectivity index (χ3v) is 4.65. The lowest BCUT2D eigenvalue weighted by molar-refractivity contribution is 0.590. The third-order valence-electron chi connectivity index (χ3n) is 4.65. The second-order valence-corrected chi connectivity index (χ2v) is 7.44. The van der Waals surface area contributed by atoms with Gasteiger partial charge in [0.05, 0.1) is 17.6 Å². The highest BCUT2D eigenvalue weighted by atomic mass is 15.0. The van der Waals surface area contributed by atoms with Gasteiger partial charge in [0.15, 0.2) is 0 Å². The highest BCUT2D eigenvalue weighted by molar-refractivity contribution is 5.71. The van der Waals surface area contributed by atoms with E-state index < -0.39 is 0 Å². The number of benzene rings is 2. The normalized spacial score (nSPS) is 11.8. The lowest BCUT2D eigenvalue weighted by Crippen LogP contribution is -2.10. The first kappa shape index (κ1) is 15.6. The number of aromatic nitrogens is 2. The van der Waals surface area contributed by atoms with E-state index in [1.807, 2.05) is 12.3 Å². The van der Waals surface area contributed by atoms with Crippen LogP contribution in [0.5, 0.6) is 0 Å². The van der Waals surface area contributed by atoms with E-state index >= 15 is 0 Å². The largest absolute Gasteiger partial charge is 0.292 e. The summed E-state index contributed by atoms with van der Waals surface area (Å²) in [7, 11) is 0. The molecule has 0 unspecified atom stereocenters. The van der Waals surface area contributed by atoms with Gasteiger partial charge in [0, 0.05) is 5.56 Å². The Hall–Kier alpha value is -2.87. The van der Waals surface area contributed by atoms with Crippen molar-refractivity contribution in [2.45, 2.75) is 26.2 Å². The molecule has 0 bridgehead atoms. The molecule has 0 radical (unpaired) electrons. The van der Waals surface area contributed by atoms with Crippen molar-refractivity contribution in [2.75, 3.05) is 0 Å². The maximum Gasteiger partial charge on any atom is 0.137 e. The minimum absolute atomic E-state index is 0.161. The maximum atomic E-state index is 4.60. The van der Waals surface area contributed by atoms with Crippen LogP contribution in [-0.2, 0) is 5.41 Å². The van der Waals surface area contributed by atoms with Crippen LogP contribution in [0, 0.1) is 0 Å². The molecule has 0 aliphatic rings. The van der Waals surface area contributed by atoms with Crippen LogP contribution in [0.1, 0.15) is 26.3 Å². The highest BCUT2D eigenvalue weighted by Crippen LogP contribution is 2.29. The molecular formula is C23H22N2. The van der Waals surface area contributed by atoms with Crippen LogP contribution in [0.15, 0.2) is 79.0 Å². The molecule has 2 aromatic carbocycles. The van der Waals surface area contributed by atoms with E-state index in [0.29, 0.717) is 0 Å². The van der Waals surface area contributed by atoms with Crippen LogP contribution in [0.4, 0.5) is 0 Å². The second kappa shape index (κ2) is 5.89. The molecule has 2 nitrogen and oxygen atoms in total. The van der Waals surface area contributed by atoms with Crippen LogP contribution in [0.3, 0.4) is 0 Å². The topological polar surface area (TPSA) is 17.3 Å². The molecule has 0 saturated heterocycles. The number of hydrogen-bond acceptors (Lipinski definition) is 1. The molecule has 0 aliphatic carbocycles. The van der Waals surface area contributed by atoms with Gasteiger partial charge in [0.2, 0.25) is 0 Å². The van der Waals surface area contributed by atoms with Gasteiger partial charge < -0.3 is 0 Å². The molecule has 2 heteroatoms. The van der Waals surface area contributed by atoms with Crippen LogP contribution in [0.2, 0.25) is 0 Å². The average Bonchev–Trinajstić information content (AvgIpc) is 3.06. The summed E-state index contributed by atoms with van der Waals surface area (Å²) in [6.07, 6.45) is 1.96. The summed E-state index contributed by atoms with van der Waals surface area (Å²) in [4.78, 5) is 4.60. The predicted molar refractivity (Wildman–Crippen MR) is 105 cm³/mol. The first-order valence-electron chi connectivity index (χ1n) is 8.67. The van der Waals surface area contributed by atoms with Gasteiger partial charge in [0.25, 0.3) is 0 Å². The molecule has 0 aliphatic heterocycles. The Bertz CT molecular complexity index is 1000. The number of imidazole rings is 1. The molecule has 0 saturated carbocycles. The quantitative estimate of drug-likeness (QED) is 0.444. The van der Waals surface area contributed by atoms with Crippen LogP contribution < -0.4 is 0 Å². The van der Waals surface area contributed by atoms with E-state index in [1.165, 1.54) is 16.7 Å². The highest BCUT2D eigenvalue weighted by Gasteiger charge is 2.14. The summed E-state index contributed by atoms with van der Waals surface area (Å²) in [5.74, 6) is 0. The molecule has 0 N–H and O–H groups in total. The second-order valence-electron chi connectivity index (χ2n) is 7.44. The Morgan fingerprint density at radius 3 is 2.04 bits per heavy atom. The van der Waals surface area contributed by atoms with Crippen molar-refractivity contribution in [1.82, 2.24) is 9.38 Å². The number of fused-ring (bicyclic) bond motifs is 1. The molecule has 124 valence electrons. The van der Waals surface area contributed by atoms with Gasteiger partial charge in [-0.05, 0) is 28.7 Å². The summed E-state index contributed by atoms with van der Waals surface area (Å²) in [5, 5.41) is 0. The Kier molecular flexibility index (Phi) is 3.69. The molecule has 2 heterocycles. The Labute approximate surface area is 148 Å². The van der Waals surface area contributed by atoms with Crippen LogP contribution in [-0.4, -0.2) is 9.38 Å². The van der Waals surface area contributed by atoms with Gasteiger partial charge in [-0.1, -0.05) is 81.4 Å². The third kappa shape index (κ3) is 2.85. The fraction of sp³-hybridized carbons (Fsp3) is 0.174. The molecule has 2 aromatic heterocycles. The molecular weight excluding hydrogens is 304 g/mol. The zero-order valence-corrected chi connectivity index (χ0v) is 14.9. The first-order chi connectivity index (χ1) is 12.0. The van der Waals surface area contributed by atoms with Crippen molar-refractivity contribution in [3.05, 3.63) is 84.6 Å². The summed E-state index contributed by atoms with van der Waals surface area (Å²) in [5.41, 5.74) is 7.13. The number of hydrogen-bond donors (Lipinski definition) is 0. The number of rotatable bonds is 2.